The molecule has 126 valence electrons. The van der Waals surface area contributed by atoms with Crippen LogP contribution in [-0.2, 0) is 9.53 Å². The van der Waals surface area contributed by atoms with Gasteiger partial charge in [0, 0.05) is 0 Å². The van der Waals surface area contributed by atoms with Gasteiger partial charge in [-0.2, -0.15) is 0 Å². The molecule has 0 aromatic heterocycles. The largest absolute Gasteiger partial charge is 0.482 e. The topological polar surface area (TPSA) is 65.0 Å². The molecule has 0 aliphatic rings. The monoisotopic (exact) mass is 328 g/mol. The molecule has 5 heteroatoms. The lowest BCUT2D eigenvalue weighted by molar-refractivity contribution is -0.145. The maximum absolute atomic E-state index is 11.2. The molecule has 0 saturated heterocycles. The predicted molar refractivity (Wildman–Crippen MR) is 91.7 cm³/mol. The fraction of sp³-hybridized carbons (Fsp3) is 0.211. The molecule has 0 fully saturated rings. The van der Waals surface area contributed by atoms with E-state index in [9.17, 15) is 4.79 Å². The fourth-order valence-electron chi connectivity index (χ4n) is 1.96. The number of aliphatic hydroxyl groups excluding tert-OH is 1. The first-order chi connectivity index (χ1) is 11.7. The molecule has 0 heterocycles. The van der Waals surface area contributed by atoms with E-state index in [-0.39, 0.29) is 19.4 Å². The Morgan fingerprint density at radius 1 is 0.917 bits per heavy atom. The van der Waals surface area contributed by atoms with Crippen molar-refractivity contribution >= 4 is 18.1 Å². The molecule has 0 bridgehead atoms. The average molecular weight is 328 g/mol. The standard InChI is InChI=1S/C19H20O5/c1-2-22-19(21)13-23-17-9-5-15(6-10-17)3-4-16-7-11-18(12-8-16)24-14-20/h3-12,20H,2,13-14H2,1H3/b4-3+. The third-order valence-corrected chi connectivity index (χ3v) is 3.12. The van der Waals surface area contributed by atoms with E-state index in [0.29, 0.717) is 18.1 Å². The second kappa shape index (κ2) is 9.37. The van der Waals surface area contributed by atoms with Crippen LogP contribution in [0.5, 0.6) is 11.5 Å². The molecule has 5 nitrogen and oxygen atoms in total. The van der Waals surface area contributed by atoms with Gasteiger partial charge in [0.25, 0.3) is 0 Å². The maximum atomic E-state index is 11.2. The van der Waals surface area contributed by atoms with Crippen molar-refractivity contribution in [3.8, 4) is 11.5 Å². The second-order valence-electron chi connectivity index (χ2n) is 4.84. The van der Waals surface area contributed by atoms with Crippen molar-refractivity contribution < 1.29 is 24.1 Å². The Bertz CT molecular complexity index is 659. The van der Waals surface area contributed by atoms with Crippen molar-refractivity contribution in [2.45, 2.75) is 6.92 Å². The van der Waals surface area contributed by atoms with Gasteiger partial charge in [-0.15, -0.1) is 0 Å². The molecule has 2 aromatic carbocycles. The molecule has 0 spiro atoms. The summed E-state index contributed by atoms with van der Waals surface area (Å²) in [5.41, 5.74) is 2.03. The number of benzene rings is 2. The molecule has 0 aliphatic carbocycles. The van der Waals surface area contributed by atoms with Crippen molar-refractivity contribution in [2.75, 3.05) is 20.0 Å². The molecule has 0 aliphatic heterocycles. The smallest absolute Gasteiger partial charge is 0.344 e. The summed E-state index contributed by atoms with van der Waals surface area (Å²) in [5.74, 6) is 0.860. The number of carbonyl (C=O) groups is 1. The quantitative estimate of drug-likeness (QED) is 0.458. The van der Waals surface area contributed by atoms with Crippen LogP contribution in [0.3, 0.4) is 0 Å². The normalized spacial score (nSPS) is 10.6. The summed E-state index contributed by atoms with van der Waals surface area (Å²) in [6.07, 6.45) is 3.94. The summed E-state index contributed by atoms with van der Waals surface area (Å²) in [6.45, 7) is 1.68. The van der Waals surface area contributed by atoms with Gasteiger partial charge in [-0.25, -0.2) is 4.79 Å². The number of esters is 1. The highest BCUT2D eigenvalue weighted by Gasteiger charge is 2.02. The average Bonchev–Trinajstić information content (AvgIpc) is 2.61. The molecule has 2 aromatic rings. The molecular formula is C19H20O5. The SMILES string of the molecule is CCOC(=O)COc1ccc(/C=C/c2ccc(OCO)cc2)cc1. The predicted octanol–water partition coefficient (Wildman–Crippen LogP) is 3.13. The summed E-state index contributed by atoms with van der Waals surface area (Å²) < 4.78 is 15.1. The van der Waals surface area contributed by atoms with Crippen LogP contribution in [0, 0.1) is 0 Å². The Kier molecular flexibility index (Phi) is 6.86. The van der Waals surface area contributed by atoms with Gasteiger partial charge in [-0.1, -0.05) is 36.4 Å². The maximum Gasteiger partial charge on any atom is 0.344 e. The lowest BCUT2D eigenvalue weighted by atomic mass is 10.1. The Morgan fingerprint density at radius 3 is 1.88 bits per heavy atom. The van der Waals surface area contributed by atoms with Gasteiger partial charge < -0.3 is 19.3 Å². The first-order valence-corrected chi connectivity index (χ1v) is 7.61. The highest BCUT2D eigenvalue weighted by atomic mass is 16.6. The highest BCUT2D eigenvalue weighted by Crippen LogP contribution is 2.16. The van der Waals surface area contributed by atoms with E-state index < -0.39 is 0 Å². The lowest BCUT2D eigenvalue weighted by Gasteiger charge is -2.05. The summed E-state index contributed by atoms with van der Waals surface area (Å²) in [6, 6.07) is 14.8. The molecule has 0 radical (unpaired) electrons. The Balaban J connectivity index is 1.89. The first-order valence-electron chi connectivity index (χ1n) is 7.61. The zero-order valence-corrected chi connectivity index (χ0v) is 13.5. The van der Waals surface area contributed by atoms with Crippen molar-refractivity contribution in [1.29, 1.82) is 0 Å². The molecule has 1 N–H and O–H groups in total. The zero-order valence-electron chi connectivity index (χ0n) is 13.5. The molecule has 0 amide bonds. The zero-order chi connectivity index (χ0) is 17.2. The van der Waals surface area contributed by atoms with E-state index >= 15 is 0 Å². The molecular weight excluding hydrogens is 308 g/mol. The Labute approximate surface area is 141 Å². The van der Waals surface area contributed by atoms with Crippen LogP contribution in [0.15, 0.2) is 48.5 Å². The number of aliphatic hydroxyl groups is 1. The number of carbonyl (C=O) groups excluding carboxylic acids is 1. The van der Waals surface area contributed by atoms with Crippen LogP contribution in [0.25, 0.3) is 12.2 Å². The van der Waals surface area contributed by atoms with Crippen molar-refractivity contribution in [1.82, 2.24) is 0 Å². The van der Waals surface area contributed by atoms with E-state index in [1.807, 2.05) is 36.4 Å². The third kappa shape index (κ3) is 5.78. The summed E-state index contributed by atoms with van der Waals surface area (Å²) >= 11 is 0. The summed E-state index contributed by atoms with van der Waals surface area (Å²) in [5, 5.41) is 8.69. The molecule has 2 rings (SSSR count). The van der Waals surface area contributed by atoms with E-state index in [1.165, 1.54) is 0 Å². The summed E-state index contributed by atoms with van der Waals surface area (Å²) in [4.78, 5) is 11.2. The number of hydrogen-bond donors (Lipinski definition) is 1. The van der Waals surface area contributed by atoms with Crippen LogP contribution in [-0.4, -0.2) is 31.1 Å². The fourth-order valence-corrected chi connectivity index (χ4v) is 1.96. The molecule has 0 unspecified atom stereocenters. The third-order valence-electron chi connectivity index (χ3n) is 3.12. The van der Waals surface area contributed by atoms with Crippen molar-refractivity contribution in [3.63, 3.8) is 0 Å². The second-order valence-corrected chi connectivity index (χ2v) is 4.84. The summed E-state index contributed by atoms with van der Waals surface area (Å²) in [7, 11) is 0. The first kappa shape index (κ1) is 17.6. The number of hydrogen-bond acceptors (Lipinski definition) is 5. The van der Waals surface area contributed by atoms with Gasteiger partial charge in [0.1, 0.15) is 11.5 Å². The molecule has 0 saturated carbocycles. The number of ether oxygens (including phenoxy) is 3. The Morgan fingerprint density at radius 2 is 1.42 bits per heavy atom. The van der Waals surface area contributed by atoms with Crippen LogP contribution < -0.4 is 9.47 Å². The molecule has 24 heavy (non-hydrogen) atoms. The highest BCUT2D eigenvalue weighted by molar-refractivity contribution is 5.71. The van der Waals surface area contributed by atoms with Gasteiger partial charge in [0.2, 0.25) is 0 Å². The minimum atomic E-state index is -0.380. The lowest BCUT2D eigenvalue weighted by Crippen LogP contribution is -2.14. The van der Waals surface area contributed by atoms with Crippen LogP contribution in [0.2, 0.25) is 0 Å². The van der Waals surface area contributed by atoms with E-state index in [2.05, 4.69) is 0 Å². The van der Waals surface area contributed by atoms with E-state index in [4.69, 9.17) is 19.3 Å². The Hall–Kier alpha value is -2.79. The van der Waals surface area contributed by atoms with Crippen LogP contribution in [0.4, 0.5) is 0 Å². The van der Waals surface area contributed by atoms with Crippen molar-refractivity contribution in [2.24, 2.45) is 0 Å². The van der Waals surface area contributed by atoms with Gasteiger partial charge in [-0.3, -0.25) is 0 Å². The molecule has 0 atom stereocenters. The van der Waals surface area contributed by atoms with Gasteiger partial charge in [0.15, 0.2) is 13.4 Å². The van der Waals surface area contributed by atoms with Crippen LogP contribution in [0.1, 0.15) is 18.1 Å². The van der Waals surface area contributed by atoms with Crippen LogP contribution >= 0.6 is 0 Å². The minimum Gasteiger partial charge on any atom is -0.482 e. The van der Waals surface area contributed by atoms with Gasteiger partial charge >= 0.3 is 5.97 Å². The van der Waals surface area contributed by atoms with E-state index in [0.717, 1.165) is 11.1 Å². The van der Waals surface area contributed by atoms with Crippen molar-refractivity contribution in [3.05, 3.63) is 59.7 Å². The van der Waals surface area contributed by atoms with E-state index in [1.54, 1.807) is 31.2 Å². The van der Waals surface area contributed by atoms with Gasteiger partial charge in [0.05, 0.1) is 6.61 Å². The van der Waals surface area contributed by atoms with Gasteiger partial charge in [-0.05, 0) is 42.3 Å². The minimum absolute atomic E-state index is 0.0920. The number of rotatable bonds is 8.